The van der Waals surface area contributed by atoms with Crippen molar-refractivity contribution < 1.29 is 71.7 Å². The number of alkyl carbamates (subject to hydrolysis) is 1. The Morgan fingerprint density at radius 3 is 2.12 bits per heavy atom. The van der Waals surface area contributed by atoms with E-state index in [0.717, 1.165) is 0 Å². The Hall–Kier alpha value is -4.71. The summed E-state index contributed by atoms with van der Waals surface area (Å²) in [4.78, 5) is 71.8. The van der Waals surface area contributed by atoms with E-state index in [1.807, 2.05) is 0 Å². The summed E-state index contributed by atoms with van der Waals surface area (Å²) in [6.07, 6.45) is -9.73. The highest BCUT2D eigenvalue weighted by atomic mass is 16.7. The molecule has 12 atom stereocenters. The molecule has 3 aliphatic carbocycles. The number of esters is 3. The second-order valence-electron chi connectivity index (χ2n) is 19.1. The zero-order valence-electron chi connectivity index (χ0n) is 39.5. The minimum atomic E-state index is -2.22. The lowest BCUT2D eigenvalue weighted by molar-refractivity contribution is -0.347. The number of fused-ring (bicyclic) bond motifs is 5. The van der Waals surface area contributed by atoms with Crippen LogP contribution in [0.15, 0.2) is 71.8 Å². The van der Waals surface area contributed by atoms with Gasteiger partial charge < -0.3 is 53.1 Å². The first-order valence-electron chi connectivity index (χ1n) is 22.1. The summed E-state index contributed by atoms with van der Waals surface area (Å²) in [7, 11) is 2.82. The van der Waals surface area contributed by atoms with Crippen LogP contribution in [0.4, 0.5) is 4.79 Å². The fourth-order valence-corrected chi connectivity index (χ4v) is 10.7. The van der Waals surface area contributed by atoms with Crippen molar-refractivity contribution in [1.82, 2.24) is 5.32 Å². The Morgan fingerprint density at radius 1 is 0.954 bits per heavy atom. The highest BCUT2D eigenvalue weighted by Crippen LogP contribution is 2.65. The third-order valence-electron chi connectivity index (χ3n) is 13.8. The highest BCUT2D eigenvalue weighted by Gasteiger charge is 2.78. The maximum atomic E-state index is 15.7. The molecule has 6 rings (SSSR count). The molecule has 16 nitrogen and oxygen atoms in total. The number of amides is 1. The van der Waals surface area contributed by atoms with Gasteiger partial charge in [-0.15, -0.1) is 0 Å². The van der Waals surface area contributed by atoms with Gasteiger partial charge in [-0.05, 0) is 77.3 Å². The van der Waals surface area contributed by atoms with E-state index in [-0.39, 0.29) is 30.8 Å². The Morgan fingerprint density at radius 2 is 1.58 bits per heavy atom. The van der Waals surface area contributed by atoms with Crippen LogP contribution in [0.2, 0.25) is 0 Å². The van der Waals surface area contributed by atoms with Gasteiger partial charge in [0.05, 0.1) is 35.6 Å². The first kappa shape index (κ1) is 49.7. The first-order chi connectivity index (χ1) is 30.5. The van der Waals surface area contributed by atoms with Gasteiger partial charge in [0.25, 0.3) is 0 Å². The third kappa shape index (κ3) is 9.09. The summed E-state index contributed by atoms with van der Waals surface area (Å²) in [5, 5.41) is 16.7. The number of ketones is 1. The number of carbonyl (C=O) groups is 5. The number of hydrogen-bond acceptors (Lipinski definition) is 15. The molecule has 0 aromatic heterocycles. The predicted molar refractivity (Wildman–Crippen MR) is 233 cm³/mol. The van der Waals surface area contributed by atoms with E-state index in [1.54, 1.807) is 123 Å². The molecule has 2 saturated carbocycles. The topological polar surface area (TPSA) is 201 Å². The Labute approximate surface area is 380 Å². The van der Waals surface area contributed by atoms with Gasteiger partial charge in [0.1, 0.15) is 35.6 Å². The van der Waals surface area contributed by atoms with Crippen LogP contribution in [-0.2, 0) is 57.0 Å². The molecular formula is C49H65NO15. The maximum Gasteiger partial charge on any atom is 0.408 e. The number of aliphatic hydroxyl groups is 1. The van der Waals surface area contributed by atoms with Crippen LogP contribution >= 0.6 is 0 Å². The van der Waals surface area contributed by atoms with Gasteiger partial charge in [-0.1, -0.05) is 62.4 Å². The number of rotatable bonds is 14. The number of carbonyl (C=O) groups excluding carboxylic acids is 5. The molecule has 1 amide bonds. The summed E-state index contributed by atoms with van der Waals surface area (Å²) in [5.41, 5.74) is -6.53. The molecule has 2 N–H and O–H groups in total. The van der Waals surface area contributed by atoms with Crippen molar-refractivity contribution in [1.29, 1.82) is 0 Å². The number of methoxy groups -OCH3 is 2. The molecule has 0 radical (unpaired) electrons. The van der Waals surface area contributed by atoms with Crippen LogP contribution in [0, 0.1) is 16.7 Å². The van der Waals surface area contributed by atoms with Crippen molar-refractivity contribution in [3.63, 3.8) is 0 Å². The number of hydrogen-bond donors (Lipinski definition) is 2. The summed E-state index contributed by atoms with van der Waals surface area (Å²) in [6, 6.07) is 15.6. The van der Waals surface area contributed by atoms with Crippen LogP contribution in [0.5, 0.6) is 0 Å². The fraction of sp³-hybridized carbons (Fsp3) is 0.612. The van der Waals surface area contributed by atoms with Crippen LogP contribution in [0.1, 0.15) is 104 Å². The van der Waals surface area contributed by atoms with E-state index in [0.29, 0.717) is 11.1 Å². The first-order valence-corrected chi connectivity index (χ1v) is 22.1. The molecule has 1 heterocycles. The molecule has 3 fully saturated rings. The molecule has 1 aliphatic heterocycles. The van der Waals surface area contributed by atoms with Crippen LogP contribution in [0.25, 0.3) is 0 Å². The Bertz CT molecular complexity index is 2120. The molecule has 2 aromatic rings. The van der Waals surface area contributed by atoms with Crippen LogP contribution in [0.3, 0.4) is 0 Å². The fourth-order valence-electron chi connectivity index (χ4n) is 10.7. The summed E-state index contributed by atoms with van der Waals surface area (Å²) in [5.74, 6) is -4.28. The van der Waals surface area contributed by atoms with Gasteiger partial charge in [0, 0.05) is 46.0 Å². The summed E-state index contributed by atoms with van der Waals surface area (Å²) >= 11 is 0. The van der Waals surface area contributed by atoms with Crippen LogP contribution < -0.4 is 5.32 Å². The average molecular weight is 908 g/mol. The molecule has 4 aliphatic rings. The normalized spacial score (nSPS) is 31.9. The molecular weight excluding hydrogens is 843 g/mol. The Kier molecular flexibility index (Phi) is 14.4. The van der Waals surface area contributed by atoms with E-state index in [9.17, 15) is 19.5 Å². The number of Topliss-reactive ketones (excluding diaryl/α,β-unsaturated/α-hetero) is 1. The molecule has 2 bridgehead atoms. The van der Waals surface area contributed by atoms with Crippen molar-refractivity contribution in [3.8, 4) is 0 Å². The lowest BCUT2D eigenvalue weighted by atomic mass is 9.44. The largest absolute Gasteiger partial charge is 0.456 e. The van der Waals surface area contributed by atoms with E-state index in [4.69, 9.17) is 42.6 Å². The molecule has 356 valence electrons. The zero-order chi connectivity index (χ0) is 47.9. The number of nitrogens with one attached hydrogen (secondary N) is 1. The number of benzene rings is 2. The predicted octanol–water partition coefficient (Wildman–Crippen LogP) is 5.97. The van der Waals surface area contributed by atoms with Gasteiger partial charge >= 0.3 is 24.0 Å². The van der Waals surface area contributed by atoms with Gasteiger partial charge in [0.2, 0.25) is 0 Å². The van der Waals surface area contributed by atoms with E-state index < -0.39 is 119 Å². The van der Waals surface area contributed by atoms with E-state index in [2.05, 4.69) is 5.32 Å². The quantitative estimate of drug-likeness (QED) is 0.0971. The third-order valence-corrected chi connectivity index (χ3v) is 13.8. The molecule has 65 heavy (non-hydrogen) atoms. The minimum Gasteiger partial charge on any atom is -0.456 e. The van der Waals surface area contributed by atoms with E-state index in [1.165, 1.54) is 21.1 Å². The molecule has 16 heteroatoms. The van der Waals surface area contributed by atoms with Crippen molar-refractivity contribution >= 4 is 29.8 Å². The van der Waals surface area contributed by atoms with Gasteiger partial charge in [-0.25, -0.2) is 14.4 Å². The van der Waals surface area contributed by atoms with Crippen molar-refractivity contribution in [2.75, 3.05) is 27.4 Å². The lowest BCUT2D eigenvalue weighted by Crippen LogP contribution is -2.82. The van der Waals surface area contributed by atoms with Crippen molar-refractivity contribution in [2.45, 2.75) is 148 Å². The van der Waals surface area contributed by atoms with Gasteiger partial charge in [0.15, 0.2) is 23.8 Å². The monoisotopic (exact) mass is 907 g/mol. The Balaban J connectivity index is 1.56. The smallest absolute Gasteiger partial charge is 0.408 e. The highest BCUT2D eigenvalue weighted by molar-refractivity contribution is 5.94. The number of ether oxygens (including phenoxy) is 9. The molecule has 1 saturated heterocycles. The van der Waals surface area contributed by atoms with Crippen molar-refractivity contribution in [3.05, 3.63) is 82.9 Å². The van der Waals surface area contributed by atoms with Gasteiger partial charge in [-0.3, -0.25) is 9.59 Å². The SMILES string of the molecule is CCOC(C)O[C@@H](C(=O)O[C@H]1C[C@@]2(O)[C@@H](OC(=O)c3ccccc3)[C@@H]3[C@]4(OC(C)=O)CO[C@@H]4C[C@H](OC)[C@@]3(C)C(=O)[C@H](OC)C(=C1C)C2(C)C)[C@@H](NC(=O)OC(C)(C)C)c1ccccc1. The maximum absolute atomic E-state index is 15.7. The van der Waals surface area contributed by atoms with Crippen molar-refractivity contribution in [2.24, 2.45) is 16.7 Å². The van der Waals surface area contributed by atoms with Gasteiger partial charge in [-0.2, -0.15) is 0 Å². The lowest BCUT2D eigenvalue weighted by Gasteiger charge is -2.67. The average Bonchev–Trinajstić information content (AvgIpc) is 3.23. The molecule has 0 spiro atoms. The molecule has 1 unspecified atom stereocenters. The standard InChI is InChI=1S/C49H65NO15/c1-13-59-29(4)61-38(36(30-20-16-14-17-21-30)50-44(55)65-45(5,6)7)43(54)62-32-25-49(56)41(63-42(53)31-22-18-15-19-23-31)39-47(10,40(52)37(58-12)35(27(32)2)46(49,8)9)33(57-11)24-34-48(39,26-60-34)64-28(3)51/h14-23,29,32-34,36-39,41,56H,13,24-26H2,1-12H3,(H,50,55)/t29?,32-,33-,34+,36-,37+,38+,39-,41-,47+,48-,49+/m0/s1. The second-order valence-corrected chi connectivity index (χ2v) is 19.1. The second kappa shape index (κ2) is 18.9. The summed E-state index contributed by atoms with van der Waals surface area (Å²) < 4.78 is 55.2. The van der Waals surface area contributed by atoms with E-state index >= 15 is 9.59 Å². The molecule has 2 aromatic carbocycles. The summed E-state index contributed by atoms with van der Waals surface area (Å²) in [6.45, 7) is 16.5. The van der Waals surface area contributed by atoms with Crippen LogP contribution in [-0.4, -0.2) is 122 Å². The minimum absolute atomic E-state index is 0.125. The zero-order valence-corrected chi connectivity index (χ0v) is 39.5.